The Morgan fingerprint density at radius 2 is 1.69 bits per heavy atom. The molecule has 0 spiro atoms. The van der Waals surface area contributed by atoms with Crippen LogP contribution in [0, 0.1) is 0 Å². The Kier molecular flexibility index (Phi) is 6.47. The number of amides is 1. The fourth-order valence-electron chi connectivity index (χ4n) is 5.38. The second-order valence-corrected chi connectivity index (χ2v) is 10.6. The number of ether oxygens (including phenoxy) is 2. The third-order valence-corrected chi connectivity index (χ3v) is 6.78. The van der Waals surface area contributed by atoms with Gasteiger partial charge in [-0.15, -0.1) is 0 Å². The average Bonchev–Trinajstić information content (AvgIpc) is 3.10. The fraction of sp³-hybridized carbons (Fsp3) is 0.464. The molecule has 2 saturated heterocycles. The quantitative estimate of drug-likeness (QED) is 0.529. The van der Waals surface area contributed by atoms with Crippen molar-refractivity contribution in [1.29, 1.82) is 0 Å². The largest absolute Gasteiger partial charge is 0.492 e. The van der Waals surface area contributed by atoms with Crippen LogP contribution in [0.25, 0.3) is 16.6 Å². The summed E-state index contributed by atoms with van der Waals surface area (Å²) >= 11 is 0. The number of rotatable bonds is 5. The van der Waals surface area contributed by atoms with Crippen molar-refractivity contribution in [1.82, 2.24) is 19.4 Å². The Morgan fingerprint density at radius 3 is 2.39 bits per heavy atom. The molecule has 2 atom stereocenters. The summed E-state index contributed by atoms with van der Waals surface area (Å²) in [5.41, 5.74) is 0.733. The molecule has 2 fully saturated rings. The first kappa shape index (κ1) is 24.3. The van der Waals surface area contributed by atoms with Crippen LogP contribution in [0.15, 0.2) is 53.3 Å². The summed E-state index contributed by atoms with van der Waals surface area (Å²) in [6.07, 6.45) is 1.66. The van der Waals surface area contributed by atoms with Crippen molar-refractivity contribution < 1.29 is 14.3 Å². The summed E-state index contributed by atoms with van der Waals surface area (Å²) in [6, 6.07) is 15.2. The molecule has 0 N–H and O–H groups in total. The molecule has 8 heteroatoms. The summed E-state index contributed by atoms with van der Waals surface area (Å²) in [5, 5.41) is 0.572. The zero-order valence-electron chi connectivity index (χ0n) is 21.4. The smallest absolute Gasteiger partial charge is 0.410 e. The molecule has 3 aromatic rings. The highest BCUT2D eigenvalue weighted by molar-refractivity contribution is 5.78. The first-order valence-corrected chi connectivity index (χ1v) is 12.7. The number of benzene rings is 2. The van der Waals surface area contributed by atoms with Crippen molar-refractivity contribution in [3.8, 4) is 11.4 Å². The minimum absolute atomic E-state index is 0.0925. The van der Waals surface area contributed by atoms with Gasteiger partial charge in [0.1, 0.15) is 17.2 Å². The molecule has 5 rings (SSSR count). The molecule has 36 heavy (non-hydrogen) atoms. The van der Waals surface area contributed by atoms with Crippen LogP contribution in [0.1, 0.15) is 46.4 Å². The summed E-state index contributed by atoms with van der Waals surface area (Å²) < 4.78 is 13.2. The lowest BCUT2D eigenvalue weighted by Gasteiger charge is -2.41. The number of aromatic nitrogens is 2. The number of hydrogen-bond donors (Lipinski definition) is 0. The van der Waals surface area contributed by atoms with E-state index in [-0.39, 0.29) is 23.7 Å². The predicted octanol–water partition coefficient (Wildman–Crippen LogP) is 4.37. The van der Waals surface area contributed by atoms with Crippen LogP contribution in [0.2, 0.25) is 0 Å². The van der Waals surface area contributed by atoms with Gasteiger partial charge >= 0.3 is 6.09 Å². The Morgan fingerprint density at radius 1 is 1.03 bits per heavy atom. The van der Waals surface area contributed by atoms with Gasteiger partial charge in [-0.05, 0) is 64.8 Å². The molecule has 1 amide bonds. The average molecular weight is 491 g/mol. The van der Waals surface area contributed by atoms with Gasteiger partial charge in [0.2, 0.25) is 0 Å². The number of fused-ring (bicyclic) bond motifs is 3. The summed E-state index contributed by atoms with van der Waals surface area (Å²) in [6.45, 7) is 10.0. The van der Waals surface area contributed by atoms with Gasteiger partial charge in [-0.1, -0.05) is 24.3 Å². The molecule has 2 bridgehead atoms. The Bertz CT molecular complexity index is 1320. The molecule has 1 aromatic heterocycles. The van der Waals surface area contributed by atoms with Gasteiger partial charge in [-0.3, -0.25) is 19.2 Å². The molecule has 190 valence electrons. The number of likely N-dealkylation sites (tertiary alicyclic amines) is 1. The highest BCUT2D eigenvalue weighted by Gasteiger charge is 2.44. The van der Waals surface area contributed by atoms with E-state index in [4.69, 9.17) is 14.5 Å². The molecule has 8 nitrogen and oxygen atoms in total. The van der Waals surface area contributed by atoms with Crippen molar-refractivity contribution in [3.05, 3.63) is 64.7 Å². The maximum absolute atomic E-state index is 13.7. The van der Waals surface area contributed by atoms with Crippen molar-refractivity contribution in [2.24, 2.45) is 0 Å². The van der Waals surface area contributed by atoms with Gasteiger partial charge in [-0.2, -0.15) is 0 Å². The van der Waals surface area contributed by atoms with E-state index in [0.717, 1.165) is 12.8 Å². The molecule has 0 unspecified atom stereocenters. The van der Waals surface area contributed by atoms with E-state index in [1.807, 2.05) is 81.1 Å². The second-order valence-electron chi connectivity index (χ2n) is 10.6. The van der Waals surface area contributed by atoms with E-state index in [2.05, 4.69) is 4.90 Å². The fourth-order valence-corrected chi connectivity index (χ4v) is 5.38. The zero-order valence-corrected chi connectivity index (χ0v) is 21.4. The number of nitrogens with zero attached hydrogens (tertiary/aromatic N) is 4. The normalized spacial score (nSPS) is 20.1. The second kappa shape index (κ2) is 9.58. The number of piperazine rings is 1. The monoisotopic (exact) mass is 490 g/mol. The predicted molar refractivity (Wildman–Crippen MR) is 139 cm³/mol. The molecule has 3 heterocycles. The van der Waals surface area contributed by atoms with E-state index in [9.17, 15) is 9.59 Å². The Hall–Kier alpha value is -3.39. The van der Waals surface area contributed by atoms with Gasteiger partial charge in [-0.25, -0.2) is 9.78 Å². The minimum Gasteiger partial charge on any atom is -0.492 e. The van der Waals surface area contributed by atoms with Gasteiger partial charge in [0.25, 0.3) is 5.56 Å². The minimum atomic E-state index is -0.521. The Labute approximate surface area is 211 Å². The lowest BCUT2D eigenvalue weighted by Crippen LogP contribution is -2.56. The maximum atomic E-state index is 13.7. The zero-order chi connectivity index (χ0) is 25.4. The van der Waals surface area contributed by atoms with Crippen LogP contribution in [0.5, 0.6) is 5.75 Å². The van der Waals surface area contributed by atoms with E-state index < -0.39 is 5.60 Å². The van der Waals surface area contributed by atoms with E-state index >= 15 is 0 Å². The first-order chi connectivity index (χ1) is 17.2. The molecular formula is C28H34N4O4. The van der Waals surface area contributed by atoms with Gasteiger partial charge < -0.3 is 9.47 Å². The molecule has 2 aliphatic heterocycles. The van der Waals surface area contributed by atoms with Gasteiger partial charge in [0.05, 0.1) is 29.7 Å². The molecule has 2 aliphatic rings. The SMILES string of the molecule is CCOc1ccccc1-n1c(CN2C[C@H]3CC[C@@H](C2)N3C(=O)OC(C)(C)C)nc2ccccc2c1=O. The molecular weight excluding hydrogens is 456 g/mol. The van der Waals surface area contributed by atoms with Crippen LogP contribution in [0.4, 0.5) is 4.79 Å². The van der Waals surface area contributed by atoms with Gasteiger partial charge in [0, 0.05) is 25.2 Å². The molecule has 0 aliphatic carbocycles. The lowest BCUT2D eigenvalue weighted by atomic mass is 10.1. The highest BCUT2D eigenvalue weighted by Crippen LogP contribution is 2.33. The number of para-hydroxylation sites is 3. The number of carbonyl (C=O) groups is 1. The molecule has 2 aromatic carbocycles. The number of carbonyl (C=O) groups excluding carboxylic acids is 1. The van der Waals surface area contributed by atoms with Crippen LogP contribution in [-0.2, 0) is 11.3 Å². The van der Waals surface area contributed by atoms with Crippen molar-refractivity contribution in [2.75, 3.05) is 19.7 Å². The highest BCUT2D eigenvalue weighted by atomic mass is 16.6. The number of hydrogen-bond acceptors (Lipinski definition) is 6. The summed E-state index contributed by atoms with van der Waals surface area (Å²) in [5.74, 6) is 1.31. The maximum Gasteiger partial charge on any atom is 0.410 e. The third-order valence-electron chi connectivity index (χ3n) is 6.78. The van der Waals surface area contributed by atoms with Gasteiger partial charge in [0.15, 0.2) is 0 Å². The van der Waals surface area contributed by atoms with E-state index in [0.29, 0.717) is 54.4 Å². The Balaban J connectivity index is 1.49. The standard InChI is InChI=1S/C28H34N4O4/c1-5-35-24-13-9-8-12-23(24)32-25(29-22-11-7-6-10-21(22)26(32)33)18-30-16-19-14-15-20(17-30)31(19)27(34)36-28(2,3)4/h6-13,19-20H,5,14-18H2,1-4H3/t19-,20+. The van der Waals surface area contributed by atoms with Crippen LogP contribution >= 0.6 is 0 Å². The van der Waals surface area contributed by atoms with Crippen molar-refractivity contribution in [3.63, 3.8) is 0 Å². The van der Waals surface area contributed by atoms with Crippen LogP contribution in [-0.4, -0.2) is 62.8 Å². The van der Waals surface area contributed by atoms with Crippen LogP contribution in [0.3, 0.4) is 0 Å². The summed E-state index contributed by atoms with van der Waals surface area (Å²) in [7, 11) is 0. The van der Waals surface area contributed by atoms with E-state index in [1.54, 1.807) is 4.57 Å². The first-order valence-electron chi connectivity index (χ1n) is 12.7. The van der Waals surface area contributed by atoms with E-state index in [1.165, 1.54) is 0 Å². The topological polar surface area (TPSA) is 76.9 Å². The van der Waals surface area contributed by atoms with Crippen LogP contribution < -0.4 is 10.3 Å². The molecule has 0 radical (unpaired) electrons. The summed E-state index contributed by atoms with van der Waals surface area (Å²) in [4.78, 5) is 35.8. The van der Waals surface area contributed by atoms with Crippen molar-refractivity contribution in [2.45, 2.75) is 64.8 Å². The molecule has 0 saturated carbocycles. The third kappa shape index (κ3) is 4.69. The van der Waals surface area contributed by atoms with Crippen molar-refractivity contribution >= 4 is 17.0 Å². The lowest BCUT2D eigenvalue weighted by molar-refractivity contribution is -0.00580.